The number of nitrogens with zero attached hydrogens (tertiary/aromatic N) is 1. The molecule has 2 rings (SSSR count). The number of rotatable bonds is 5. The van der Waals surface area contributed by atoms with E-state index in [4.69, 9.17) is 5.73 Å². The van der Waals surface area contributed by atoms with Crippen LogP contribution in [0.5, 0.6) is 0 Å². The molecular formula is C14H24N4O4. The van der Waals surface area contributed by atoms with Crippen molar-refractivity contribution in [1.29, 1.82) is 0 Å². The zero-order chi connectivity index (χ0) is 16.3. The number of amides is 3. The van der Waals surface area contributed by atoms with Gasteiger partial charge in [-0.25, -0.2) is 0 Å². The zero-order valence-corrected chi connectivity index (χ0v) is 12.7. The Morgan fingerprint density at radius 1 is 1.32 bits per heavy atom. The van der Waals surface area contributed by atoms with Gasteiger partial charge in [0.1, 0.15) is 6.04 Å². The van der Waals surface area contributed by atoms with Crippen LogP contribution >= 0.6 is 0 Å². The van der Waals surface area contributed by atoms with Crippen LogP contribution in [0, 0.1) is 11.8 Å². The first kappa shape index (κ1) is 16.7. The molecule has 0 unspecified atom stereocenters. The van der Waals surface area contributed by atoms with Crippen molar-refractivity contribution < 1.29 is 19.5 Å². The lowest BCUT2D eigenvalue weighted by atomic mass is 10.1. The maximum absolute atomic E-state index is 12.3. The van der Waals surface area contributed by atoms with E-state index in [2.05, 4.69) is 10.6 Å². The molecule has 0 radical (unpaired) electrons. The Hall–Kier alpha value is -1.67. The number of likely N-dealkylation sites (tertiary alicyclic amines) is 1. The first-order chi connectivity index (χ1) is 10.4. The number of hydrogen-bond donors (Lipinski definition) is 4. The normalized spacial score (nSPS) is 27.5. The molecule has 2 aliphatic heterocycles. The lowest BCUT2D eigenvalue weighted by Crippen LogP contribution is -2.52. The van der Waals surface area contributed by atoms with Gasteiger partial charge in [-0.1, -0.05) is 0 Å². The highest BCUT2D eigenvalue weighted by molar-refractivity contribution is 5.89. The molecule has 2 saturated heterocycles. The Labute approximate surface area is 129 Å². The minimum Gasteiger partial charge on any atom is -0.391 e. The topological polar surface area (TPSA) is 125 Å². The summed E-state index contributed by atoms with van der Waals surface area (Å²) in [5.41, 5.74) is 5.16. The molecule has 4 atom stereocenters. The van der Waals surface area contributed by atoms with Crippen molar-refractivity contribution in [2.45, 2.75) is 31.9 Å². The predicted molar refractivity (Wildman–Crippen MR) is 78.5 cm³/mol. The molecule has 5 N–H and O–H groups in total. The van der Waals surface area contributed by atoms with Gasteiger partial charge in [-0.3, -0.25) is 14.4 Å². The second-order valence-corrected chi connectivity index (χ2v) is 6.09. The van der Waals surface area contributed by atoms with Crippen LogP contribution in [-0.2, 0) is 14.4 Å². The van der Waals surface area contributed by atoms with Crippen LogP contribution in [0.3, 0.4) is 0 Å². The van der Waals surface area contributed by atoms with Gasteiger partial charge in [0.25, 0.3) is 0 Å². The average Bonchev–Trinajstić information content (AvgIpc) is 3.13. The summed E-state index contributed by atoms with van der Waals surface area (Å²) in [4.78, 5) is 37.4. The summed E-state index contributed by atoms with van der Waals surface area (Å²) < 4.78 is 0. The number of carbonyl (C=O) groups is 3. The molecule has 8 heteroatoms. The minimum absolute atomic E-state index is 0.00218. The molecule has 2 fully saturated rings. The molecule has 0 bridgehead atoms. The zero-order valence-electron chi connectivity index (χ0n) is 12.7. The lowest BCUT2D eigenvalue weighted by molar-refractivity contribution is -0.135. The highest BCUT2D eigenvalue weighted by Crippen LogP contribution is 2.21. The van der Waals surface area contributed by atoms with Crippen molar-refractivity contribution in [3.05, 3.63) is 0 Å². The number of nitrogens with two attached hydrogens (primary N) is 1. The van der Waals surface area contributed by atoms with Crippen molar-refractivity contribution in [1.82, 2.24) is 15.5 Å². The van der Waals surface area contributed by atoms with Crippen LogP contribution in [0.25, 0.3) is 0 Å². The number of aliphatic hydroxyl groups is 1. The smallest absolute Gasteiger partial charge is 0.242 e. The van der Waals surface area contributed by atoms with Crippen LogP contribution in [0.2, 0.25) is 0 Å². The largest absolute Gasteiger partial charge is 0.391 e. The highest BCUT2D eigenvalue weighted by atomic mass is 16.3. The summed E-state index contributed by atoms with van der Waals surface area (Å²) in [5, 5.41) is 15.1. The Kier molecular flexibility index (Phi) is 5.36. The molecule has 0 aromatic rings. The quantitative estimate of drug-likeness (QED) is 0.458. The molecule has 2 aliphatic rings. The molecule has 0 aliphatic carbocycles. The Morgan fingerprint density at radius 2 is 2.05 bits per heavy atom. The van der Waals surface area contributed by atoms with E-state index in [0.29, 0.717) is 26.1 Å². The second-order valence-electron chi connectivity index (χ2n) is 6.09. The van der Waals surface area contributed by atoms with E-state index in [1.807, 2.05) is 0 Å². The molecule has 8 nitrogen and oxygen atoms in total. The van der Waals surface area contributed by atoms with Crippen LogP contribution in [0.4, 0.5) is 0 Å². The van der Waals surface area contributed by atoms with E-state index in [1.54, 1.807) is 4.90 Å². The molecule has 0 saturated carbocycles. The third-order valence-electron chi connectivity index (χ3n) is 4.37. The van der Waals surface area contributed by atoms with Gasteiger partial charge in [-0.15, -0.1) is 0 Å². The van der Waals surface area contributed by atoms with E-state index in [-0.39, 0.29) is 23.7 Å². The van der Waals surface area contributed by atoms with E-state index >= 15 is 0 Å². The van der Waals surface area contributed by atoms with Crippen molar-refractivity contribution in [2.24, 2.45) is 17.6 Å². The van der Waals surface area contributed by atoms with Crippen molar-refractivity contribution in [3.63, 3.8) is 0 Å². The maximum Gasteiger partial charge on any atom is 0.242 e. The Bertz CT molecular complexity index is 448. The number of carbonyl (C=O) groups excluding carboxylic acids is 3. The highest BCUT2D eigenvalue weighted by Gasteiger charge is 2.36. The van der Waals surface area contributed by atoms with Crippen molar-refractivity contribution in [2.75, 3.05) is 26.2 Å². The monoisotopic (exact) mass is 312 g/mol. The van der Waals surface area contributed by atoms with E-state index in [1.165, 1.54) is 6.92 Å². The van der Waals surface area contributed by atoms with Crippen LogP contribution in [-0.4, -0.2) is 66.1 Å². The van der Waals surface area contributed by atoms with Gasteiger partial charge in [-0.2, -0.15) is 0 Å². The van der Waals surface area contributed by atoms with Gasteiger partial charge in [-0.05, 0) is 26.3 Å². The van der Waals surface area contributed by atoms with Gasteiger partial charge in [0.15, 0.2) is 0 Å². The number of primary amides is 1. The number of hydrogen-bond acceptors (Lipinski definition) is 5. The third kappa shape index (κ3) is 3.75. The van der Waals surface area contributed by atoms with Gasteiger partial charge in [0.2, 0.25) is 17.7 Å². The second kappa shape index (κ2) is 7.06. The summed E-state index contributed by atoms with van der Waals surface area (Å²) in [5.74, 6) is -1.39. The summed E-state index contributed by atoms with van der Waals surface area (Å²) in [6.07, 6.45) is 0.339. The van der Waals surface area contributed by atoms with Gasteiger partial charge < -0.3 is 26.4 Å². The summed E-state index contributed by atoms with van der Waals surface area (Å²) in [7, 11) is 0. The molecule has 3 amide bonds. The Morgan fingerprint density at radius 3 is 2.59 bits per heavy atom. The fraction of sp³-hybridized carbons (Fsp3) is 0.786. The molecule has 0 aromatic heterocycles. The maximum atomic E-state index is 12.3. The SMILES string of the molecule is C[C@@H](O)[C@H](NC(=O)[C@H]1CCN(C(=O)[C@H]2CCNC2)C1)C(N)=O. The molecule has 0 spiro atoms. The van der Waals surface area contributed by atoms with Gasteiger partial charge in [0.05, 0.1) is 17.9 Å². The molecule has 22 heavy (non-hydrogen) atoms. The van der Waals surface area contributed by atoms with E-state index in [0.717, 1.165) is 13.0 Å². The van der Waals surface area contributed by atoms with Crippen LogP contribution < -0.4 is 16.4 Å². The lowest BCUT2D eigenvalue weighted by Gasteiger charge is -2.22. The van der Waals surface area contributed by atoms with E-state index < -0.39 is 18.1 Å². The minimum atomic E-state index is -1.10. The summed E-state index contributed by atoms with van der Waals surface area (Å²) in [6, 6.07) is -1.10. The first-order valence-corrected chi connectivity index (χ1v) is 7.67. The van der Waals surface area contributed by atoms with Crippen LogP contribution in [0.1, 0.15) is 19.8 Å². The molecule has 2 heterocycles. The summed E-state index contributed by atoms with van der Waals surface area (Å²) >= 11 is 0. The van der Waals surface area contributed by atoms with Crippen LogP contribution in [0.15, 0.2) is 0 Å². The predicted octanol–water partition coefficient (Wildman–Crippen LogP) is -2.20. The van der Waals surface area contributed by atoms with Gasteiger partial charge >= 0.3 is 0 Å². The van der Waals surface area contributed by atoms with E-state index in [9.17, 15) is 19.5 Å². The first-order valence-electron chi connectivity index (χ1n) is 7.67. The number of aliphatic hydroxyl groups excluding tert-OH is 1. The number of nitrogens with one attached hydrogen (secondary N) is 2. The van der Waals surface area contributed by atoms with Crippen molar-refractivity contribution in [3.8, 4) is 0 Å². The summed E-state index contributed by atoms with van der Waals surface area (Å²) in [6.45, 7) is 3.84. The molecule has 0 aromatic carbocycles. The third-order valence-corrected chi connectivity index (χ3v) is 4.37. The average molecular weight is 312 g/mol. The molecular weight excluding hydrogens is 288 g/mol. The molecule has 124 valence electrons. The van der Waals surface area contributed by atoms with Gasteiger partial charge in [0, 0.05) is 19.6 Å². The standard InChI is InChI=1S/C14H24N4O4/c1-8(19)11(12(15)20)17-13(21)10-3-5-18(7-10)14(22)9-2-4-16-6-9/h8-11,16,19H,2-7H2,1H3,(H2,15,20)(H,17,21)/t8-,9+,10+,11+/m1/s1. The van der Waals surface area contributed by atoms with Crippen molar-refractivity contribution >= 4 is 17.7 Å². The fourth-order valence-corrected chi connectivity index (χ4v) is 3.00. The fourth-order valence-electron chi connectivity index (χ4n) is 3.00. The Balaban J connectivity index is 1.87.